The van der Waals surface area contributed by atoms with Crippen molar-refractivity contribution >= 4 is 82.1 Å². The van der Waals surface area contributed by atoms with Crippen LogP contribution in [0.2, 0.25) is 0 Å². The molecule has 0 bridgehead atoms. The summed E-state index contributed by atoms with van der Waals surface area (Å²) in [4.78, 5) is 0. The molecule has 0 atom stereocenters. The van der Waals surface area contributed by atoms with Gasteiger partial charge in [0.1, 0.15) is 6.07 Å². The molecule has 9 aromatic rings. The van der Waals surface area contributed by atoms with Gasteiger partial charge in [0.25, 0.3) is 0 Å². The number of thiophene rings is 1. The molecule has 0 saturated carbocycles. The van der Waals surface area contributed by atoms with E-state index in [0.717, 1.165) is 27.5 Å². The summed E-state index contributed by atoms with van der Waals surface area (Å²) < 4.78 is 4.80. The lowest BCUT2D eigenvalue weighted by molar-refractivity contribution is 1.18. The van der Waals surface area contributed by atoms with Gasteiger partial charge in [-0.1, -0.05) is 133 Å². The normalized spacial score (nSPS) is 11.8. The van der Waals surface area contributed by atoms with Crippen molar-refractivity contribution in [1.82, 2.24) is 4.57 Å². The van der Waals surface area contributed by atoms with Gasteiger partial charge < -0.3 is 4.57 Å². The lowest BCUT2D eigenvalue weighted by Gasteiger charge is -2.34. The van der Waals surface area contributed by atoms with Crippen LogP contribution >= 0.6 is 11.3 Å². The first-order valence-corrected chi connectivity index (χ1v) is 18.6. The van der Waals surface area contributed by atoms with Crippen LogP contribution in [0.4, 0.5) is 0 Å². The summed E-state index contributed by atoms with van der Waals surface area (Å²) >= 11 is 1.84. The Kier molecular flexibility index (Phi) is 6.43. The first kappa shape index (κ1) is 27.6. The number of para-hydroxylation sites is 2. The minimum absolute atomic E-state index is 0.681. The van der Waals surface area contributed by atoms with Crippen molar-refractivity contribution in [1.29, 1.82) is 5.26 Å². The summed E-state index contributed by atoms with van der Waals surface area (Å²) in [7, 11) is -2.67. The summed E-state index contributed by atoms with van der Waals surface area (Å²) in [5.41, 5.74) is 3.81. The molecule has 0 N–H and O–H groups in total. The highest BCUT2D eigenvalue weighted by atomic mass is 32.1. The Bertz CT molecular complexity index is 2530. The van der Waals surface area contributed by atoms with Crippen molar-refractivity contribution in [2.75, 3.05) is 0 Å². The van der Waals surface area contributed by atoms with E-state index in [2.05, 4.69) is 168 Å². The molecule has 0 saturated heterocycles. The van der Waals surface area contributed by atoms with E-state index >= 15 is 0 Å². The molecule has 47 heavy (non-hydrogen) atoms. The van der Waals surface area contributed by atoms with Gasteiger partial charge in [0.15, 0.2) is 8.07 Å². The average molecular weight is 633 g/mol. The minimum atomic E-state index is -2.67. The fourth-order valence-electron chi connectivity index (χ4n) is 7.58. The van der Waals surface area contributed by atoms with Gasteiger partial charge in [0.05, 0.1) is 16.6 Å². The molecule has 0 amide bonds. The van der Waals surface area contributed by atoms with E-state index in [1.165, 1.54) is 40.9 Å². The monoisotopic (exact) mass is 632 g/mol. The number of fused-ring (bicyclic) bond motifs is 6. The summed E-state index contributed by atoms with van der Waals surface area (Å²) in [5, 5.41) is 20.4. The quantitative estimate of drug-likeness (QED) is 0.138. The molecule has 2 aromatic heterocycles. The van der Waals surface area contributed by atoms with Crippen molar-refractivity contribution in [3.05, 3.63) is 175 Å². The smallest absolute Gasteiger partial charge is 0.179 e. The number of hydrogen-bond acceptors (Lipinski definition) is 2. The van der Waals surface area contributed by atoms with Crippen LogP contribution < -0.4 is 20.7 Å². The van der Waals surface area contributed by atoms with Gasteiger partial charge in [-0.25, -0.2) is 0 Å². The topological polar surface area (TPSA) is 28.7 Å². The lowest BCUT2D eigenvalue weighted by atomic mass is 10.1. The highest BCUT2D eigenvalue weighted by molar-refractivity contribution is 7.26. The van der Waals surface area contributed by atoms with Crippen molar-refractivity contribution < 1.29 is 0 Å². The SMILES string of the molecule is N#Cc1cccc2c3ccccc3n(-c3ccc4sc5ccc([Si](c6ccccc6)(c6ccccc6)c6ccccc6)cc5c4c3)c12. The van der Waals surface area contributed by atoms with Gasteiger partial charge in [-0.3, -0.25) is 0 Å². The maximum atomic E-state index is 10.1. The molecule has 4 heteroatoms. The van der Waals surface area contributed by atoms with Crippen molar-refractivity contribution in [3.63, 3.8) is 0 Å². The first-order chi connectivity index (χ1) is 23.3. The molecular formula is C43H28N2SSi. The zero-order chi connectivity index (χ0) is 31.4. The van der Waals surface area contributed by atoms with Gasteiger partial charge in [-0.2, -0.15) is 5.26 Å². The maximum Gasteiger partial charge on any atom is 0.179 e. The van der Waals surface area contributed by atoms with Crippen LogP contribution in [0.5, 0.6) is 0 Å². The highest BCUT2D eigenvalue weighted by Crippen LogP contribution is 2.38. The molecule has 9 rings (SSSR count). The van der Waals surface area contributed by atoms with E-state index in [0.29, 0.717) is 5.56 Å². The molecule has 2 heterocycles. The van der Waals surface area contributed by atoms with Crippen molar-refractivity contribution in [2.45, 2.75) is 0 Å². The van der Waals surface area contributed by atoms with E-state index in [-0.39, 0.29) is 0 Å². The fourth-order valence-corrected chi connectivity index (χ4v) is 13.4. The molecule has 220 valence electrons. The third kappa shape index (κ3) is 4.15. The predicted octanol–water partition coefficient (Wildman–Crippen LogP) is 8.40. The maximum absolute atomic E-state index is 10.1. The number of aromatic nitrogens is 1. The van der Waals surface area contributed by atoms with E-state index in [1.54, 1.807) is 0 Å². The molecule has 0 spiro atoms. The summed E-state index contributed by atoms with van der Waals surface area (Å²) in [6.45, 7) is 0. The van der Waals surface area contributed by atoms with E-state index in [9.17, 15) is 5.26 Å². The van der Waals surface area contributed by atoms with Crippen LogP contribution in [0, 0.1) is 11.3 Å². The van der Waals surface area contributed by atoms with Gasteiger partial charge >= 0.3 is 0 Å². The Balaban J connectivity index is 1.35. The Morgan fingerprint density at radius 3 is 1.66 bits per heavy atom. The molecule has 0 fully saturated rings. The zero-order valence-electron chi connectivity index (χ0n) is 25.5. The second kappa shape index (κ2) is 11.0. The first-order valence-electron chi connectivity index (χ1n) is 15.8. The van der Waals surface area contributed by atoms with Crippen LogP contribution in [0.1, 0.15) is 5.56 Å². The minimum Gasteiger partial charge on any atom is -0.308 e. The van der Waals surface area contributed by atoms with Gasteiger partial charge in [-0.15, -0.1) is 11.3 Å². The molecule has 2 nitrogen and oxygen atoms in total. The third-order valence-electron chi connectivity index (χ3n) is 9.58. The van der Waals surface area contributed by atoms with Crippen molar-refractivity contribution in [3.8, 4) is 11.8 Å². The Hall–Kier alpha value is -5.73. The third-order valence-corrected chi connectivity index (χ3v) is 15.5. The zero-order valence-corrected chi connectivity index (χ0v) is 27.3. The van der Waals surface area contributed by atoms with Crippen LogP contribution in [0.15, 0.2) is 170 Å². The Labute approximate surface area is 278 Å². The van der Waals surface area contributed by atoms with Crippen LogP contribution in [-0.4, -0.2) is 12.6 Å². The Morgan fingerprint density at radius 2 is 1.02 bits per heavy atom. The number of nitrogens with zero attached hydrogens (tertiary/aromatic N) is 2. The second-order valence-electron chi connectivity index (χ2n) is 12.0. The fraction of sp³-hybridized carbons (Fsp3) is 0. The van der Waals surface area contributed by atoms with Gasteiger partial charge in [-0.05, 0) is 57.1 Å². The van der Waals surface area contributed by atoms with Crippen molar-refractivity contribution in [2.24, 2.45) is 0 Å². The van der Waals surface area contributed by atoms with Crippen LogP contribution in [-0.2, 0) is 0 Å². The van der Waals surface area contributed by atoms with Gasteiger partial charge in [0.2, 0.25) is 0 Å². The molecule has 0 aliphatic rings. The highest BCUT2D eigenvalue weighted by Gasteiger charge is 2.41. The van der Waals surface area contributed by atoms with E-state index in [1.807, 2.05) is 23.5 Å². The molecule has 0 unspecified atom stereocenters. The van der Waals surface area contributed by atoms with E-state index < -0.39 is 8.07 Å². The second-order valence-corrected chi connectivity index (χ2v) is 16.9. The van der Waals surface area contributed by atoms with Crippen LogP contribution in [0.25, 0.3) is 47.7 Å². The molecule has 0 radical (unpaired) electrons. The van der Waals surface area contributed by atoms with Gasteiger partial charge in [0, 0.05) is 36.6 Å². The molecule has 7 aromatic carbocycles. The summed E-state index contributed by atoms with van der Waals surface area (Å²) in [5.74, 6) is 0. The number of hydrogen-bond donors (Lipinski definition) is 0. The number of nitriles is 1. The molecular weight excluding hydrogens is 605 g/mol. The summed E-state index contributed by atoms with van der Waals surface area (Å²) in [6, 6.07) is 64.2. The predicted molar refractivity (Wildman–Crippen MR) is 202 cm³/mol. The van der Waals surface area contributed by atoms with E-state index in [4.69, 9.17) is 0 Å². The standard InChI is InChI=1S/C43H28N2SSi/c44-29-30-13-12-21-37-36-20-10-11-22-40(36)45(43(30)37)31-23-25-41-38(27-31)39-28-35(24-26-42(39)46-41)47(32-14-4-1-5-15-32,33-16-6-2-7-17-33)34-18-8-3-9-19-34/h1-28H. The number of benzene rings is 7. The lowest BCUT2D eigenvalue weighted by Crippen LogP contribution is -2.74. The Morgan fingerprint density at radius 1 is 0.468 bits per heavy atom. The van der Waals surface area contributed by atoms with Crippen LogP contribution in [0.3, 0.4) is 0 Å². The largest absolute Gasteiger partial charge is 0.308 e. The summed E-state index contributed by atoms with van der Waals surface area (Å²) in [6.07, 6.45) is 0. The average Bonchev–Trinajstić information content (AvgIpc) is 3.68. The molecule has 0 aliphatic carbocycles. The number of rotatable bonds is 5. The molecule has 0 aliphatic heterocycles.